The molecule has 5 aliphatic carbocycles. The first kappa shape index (κ1) is 17.2. The molecule has 6 fully saturated rings. The Labute approximate surface area is 162 Å². The van der Waals surface area contributed by atoms with Gasteiger partial charge in [-0.2, -0.15) is 0 Å². The van der Waals surface area contributed by atoms with E-state index in [2.05, 4.69) is 25.3 Å². The number of nitrogens with zero attached hydrogens (tertiary/aromatic N) is 1. The van der Waals surface area contributed by atoms with Gasteiger partial charge in [0.1, 0.15) is 5.78 Å². The maximum atomic E-state index is 13.1. The Balaban J connectivity index is 1.62. The minimum absolute atomic E-state index is 0.0346. The van der Waals surface area contributed by atoms with Gasteiger partial charge in [-0.25, -0.2) is 0 Å². The van der Waals surface area contributed by atoms with Crippen LogP contribution in [0.5, 0.6) is 0 Å². The SMILES string of the molecule is C=C1C2CC3(C1O)C1CC4C5(C)CCC(OC)C4(C1N(CC)C5)C3CC2=O. The summed E-state index contributed by atoms with van der Waals surface area (Å²) in [5.41, 5.74) is 1.03. The lowest BCUT2D eigenvalue weighted by Gasteiger charge is -2.65. The number of fused-ring (bicyclic) bond motifs is 1. The Hall–Kier alpha value is -0.710. The van der Waals surface area contributed by atoms with E-state index in [4.69, 9.17) is 4.74 Å². The first-order chi connectivity index (χ1) is 12.9. The highest BCUT2D eigenvalue weighted by atomic mass is 16.5. The molecule has 27 heavy (non-hydrogen) atoms. The van der Waals surface area contributed by atoms with E-state index < -0.39 is 6.10 Å². The van der Waals surface area contributed by atoms with Gasteiger partial charge >= 0.3 is 0 Å². The first-order valence-corrected chi connectivity index (χ1v) is 11.0. The average Bonchev–Trinajstić information content (AvgIpc) is 3.16. The Morgan fingerprint density at radius 3 is 2.85 bits per heavy atom. The third-order valence-corrected chi connectivity index (χ3v) is 10.6. The Bertz CT molecular complexity index is 750. The molecule has 7 bridgehead atoms. The van der Waals surface area contributed by atoms with Crippen molar-refractivity contribution in [2.45, 2.75) is 64.2 Å². The molecule has 0 radical (unpaired) electrons. The predicted octanol–water partition coefficient (Wildman–Crippen LogP) is 2.65. The highest BCUT2D eigenvalue weighted by Crippen LogP contribution is 2.83. The maximum absolute atomic E-state index is 13.1. The van der Waals surface area contributed by atoms with Gasteiger partial charge in [-0.3, -0.25) is 9.69 Å². The molecular weight excluding hydrogens is 338 g/mol. The lowest BCUT2D eigenvalue weighted by molar-refractivity contribution is -0.218. The van der Waals surface area contributed by atoms with Crippen LogP contribution >= 0.6 is 0 Å². The molecule has 4 heteroatoms. The summed E-state index contributed by atoms with van der Waals surface area (Å²) in [6.45, 7) is 11.2. The van der Waals surface area contributed by atoms with Crippen molar-refractivity contribution in [3.63, 3.8) is 0 Å². The molecule has 10 unspecified atom stereocenters. The molecule has 1 saturated heterocycles. The van der Waals surface area contributed by atoms with E-state index >= 15 is 0 Å². The lowest BCUT2D eigenvalue weighted by atomic mass is 9.43. The highest BCUT2D eigenvalue weighted by molar-refractivity contribution is 5.87. The molecule has 10 atom stereocenters. The van der Waals surface area contributed by atoms with Crippen molar-refractivity contribution in [1.82, 2.24) is 4.90 Å². The number of methoxy groups -OCH3 is 1. The van der Waals surface area contributed by atoms with Crippen molar-refractivity contribution in [2.24, 2.45) is 39.9 Å². The fourth-order valence-electron chi connectivity index (χ4n) is 10.0. The third-order valence-electron chi connectivity index (χ3n) is 10.6. The molecule has 6 rings (SSSR count). The molecule has 0 aromatic rings. The molecule has 0 amide bonds. The number of aliphatic hydroxyl groups is 1. The zero-order valence-electron chi connectivity index (χ0n) is 16.9. The number of rotatable bonds is 2. The molecule has 1 N–H and O–H groups in total. The van der Waals surface area contributed by atoms with Crippen LogP contribution in [0, 0.1) is 39.9 Å². The summed E-state index contributed by atoms with van der Waals surface area (Å²) < 4.78 is 6.22. The minimum atomic E-state index is -0.505. The number of ether oxygens (including phenoxy) is 1. The lowest BCUT2D eigenvalue weighted by Crippen LogP contribution is -2.68. The fraction of sp³-hybridized carbons (Fsp3) is 0.870. The van der Waals surface area contributed by atoms with Crippen molar-refractivity contribution in [3.8, 4) is 0 Å². The summed E-state index contributed by atoms with van der Waals surface area (Å²) in [5.74, 6) is 1.60. The molecule has 1 heterocycles. The van der Waals surface area contributed by atoms with E-state index in [1.807, 2.05) is 7.11 Å². The quantitative estimate of drug-likeness (QED) is 0.758. The summed E-state index contributed by atoms with van der Waals surface area (Å²) in [6, 6.07) is 0.461. The molecule has 148 valence electrons. The second-order valence-electron chi connectivity index (χ2n) is 10.9. The smallest absolute Gasteiger partial charge is 0.140 e. The summed E-state index contributed by atoms with van der Waals surface area (Å²) in [5, 5.41) is 11.5. The van der Waals surface area contributed by atoms with Crippen LogP contribution in [0.25, 0.3) is 0 Å². The summed E-state index contributed by atoms with van der Waals surface area (Å²) >= 11 is 0. The number of piperidine rings is 1. The van der Waals surface area contributed by atoms with Gasteiger partial charge in [0, 0.05) is 42.9 Å². The van der Waals surface area contributed by atoms with Crippen LogP contribution in [-0.2, 0) is 9.53 Å². The van der Waals surface area contributed by atoms with Gasteiger partial charge in [0.2, 0.25) is 0 Å². The molecule has 0 aromatic heterocycles. The van der Waals surface area contributed by atoms with Crippen LogP contribution in [0.1, 0.15) is 46.0 Å². The van der Waals surface area contributed by atoms with Gasteiger partial charge in [0.05, 0.1) is 12.2 Å². The number of likely N-dealkylation sites (tertiary alicyclic amines) is 1. The topological polar surface area (TPSA) is 49.8 Å². The van der Waals surface area contributed by atoms with Gasteiger partial charge in [-0.1, -0.05) is 20.4 Å². The van der Waals surface area contributed by atoms with Crippen LogP contribution in [0.2, 0.25) is 0 Å². The Morgan fingerprint density at radius 2 is 2.15 bits per heavy atom. The maximum Gasteiger partial charge on any atom is 0.140 e. The second-order valence-corrected chi connectivity index (χ2v) is 10.9. The zero-order chi connectivity index (χ0) is 18.9. The van der Waals surface area contributed by atoms with Crippen molar-refractivity contribution in [1.29, 1.82) is 0 Å². The standard InChI is InChI=1S/C23H33NO3/c1-5-24-11-21(3)7-6-18(27-4)23-16(21)8-14(19(23)24)22-10-13(12(2)20(22)26)15(25)9-17(22)23/h13-14,16-20,26H,2,5-11H2,1,3-4H3. The average molecular weight is 372 g/mol. The fourth-order valence-corrected chi connectivity index (χ4v) is 10.0. The van der Waals surface area contributed by atoms with E-state index in [1.54, 1.807) is 0 Å². The monoisotopic (exact) mass is 371 g/mol. The van der Waals surface area contributed by atoms with Crippen molar-refractivity contribution < 1.29 is 14.6 Å². The second kappa shape index (κ2) is 4.88. The molecular formula is C23H33NO3. The van der Waals surface area contributed by atoms with Crippen LogP contribution in [0.4, 0.5) is 0 Å². The van der Waals surface area contributed by atoms with Crippen LogP contribution < -0.4 is 0 Å². The third kappa shape index (κ3) is 1.51. The van der Waals surface area contributed by atoms with Crippen LogP contribution in [0.3, 0.4) is 0 Å². The van der Waals surface area contributed by atoms with Crippen LogP contribution in [-0.4, -0.2) is 54.2 Å². The van der Waals surface area contributed by atoms with Gasteiger partial charge in [0.15, 0.2) is 0 Å². The van der Waals surface area contributed by atoms with Gasteiger partial charge in [0.25, 0.3) is 0 Å². The minimum Gasteiger partial charge on any atom is -0.388 e. The molecule has 1 aliphatic heterocycles. The predicted molar refractivity (Wildman–Crippen MR) is 102 cm³/mol. The number of ketones is 1. The molecule has 0 aromatic carbocycles. The van der Waals surface area contributed by atoms with E-state index in [9.17, 15) is 9.90 Å². The van der Waals surface area contributed by atoms with Crippen molar-refractivity contribution in [3.05, 3.63) is 12.2 Å². The summed E-state index contributed by atoms with van der Waals surface area (Å²) in [7, 11) is 1.88. The number of hydrogen-bond donors (Lipinski definition) is 1. The largest absolute Gasteiger partial charge is 0.388 e. The Morgan fingerprint density at radius 1 is 1.37 bits per heavy atom. The van der Waals surface area contributed by atoms with E-state index in [1.165, 1.54) is 19.4 Å². The zero-order valence-corrected chi connectivity index (χ0v) is 16.9. The molecule has 6 aliphatic rings. The van der Waals surface area contributed by atoms with Crippen molar-refractivity contribution in [2.75, 3.05) is 20.2 Å². The van der Waals surface area contributed by atoms with E-state index in [0.717, 1.165) is 25.0 Å². The number of Topliss-reactive ketones (excluding diaryl/α,β-unsaturated/α-hetero) is 1. The van der Waals surface area contributed by atoms with Gasteiger partial charge < -0.3 is 9.84 Å². The van der Waals surface area contributed by atoms with Gasteiger partial charge in [-0.15, -0.1) is 0 Å². The first-order valence-electron chi connectivity index (χ1n) is 11.0. The number of carbonyl (C=O) groups is 1. The van der Waals surface area contributed by atoms with E-state index in [-0.39, 0.29) is 28.8 Å². The normalized spacial score (nSPS) is 60.8. The molecule has 4 nitrogen and oxygen atoms in total. The number of carbonyl (C=O) groups excluding carboxylic acids is 1. The summed E-state index contributed by atoms with van der Waals surface area (Å²) in [4.78, 5) is 15.8. The molecule has 5 saturated carbocycles. The van der Waals surface area contributed by atoms with Gasteiger partial charge in [-0.05, 0) is 61.0 Å². The summed E-state index contributed by atoms with van der Waals surface area (Å²) in [6.07, 6.45) is 4.72. The number of hydrogen-bond acceptors (Lipinski definition) is 4. The molecule has 2 spiro atoms. The Kier molecular flexibility index (Phi) is 3.10. The van der Waals surface area contributed by atoms with Crippen LogP contribution in [0.15, 0.2) is 12.2 Å². The van der Waals surface area contributed by atoms with E-state index in [0.29, 0.717) is 35.5 Å². The number of aliphatic hydroxyl groups excluding tert-OH is 1. The highest BCUT2D eigenvalue weighted by Gasteiger charge is 2.85. The van der Waals surface area contributed by atoms with Crippen molar-refractivity contribution >= 4 is 5.78 Å².